The minimum absolute atomic E-state index is 0.0160. The van der Waals surface area contributed by atoms with E-state index in [1.54, 1.807) is 19.2 Å². The molecule has 0 spiro atoms. The van der Waals surface area contributed by atoms with E-state index in [0.717, 1.165) is 50.9 Å². The minimum Gasteiger partial charge on any atom is -0.493 e. The standard InChI is InChI=1S/C26H30O6/c1-28-22-14-13-20-24(27)21(17-32-25(20)26(22)29-2)19-11-9-18(10-12-19)7-3-5-15-30-23-8-4-6-16-31-23/h9-14,17,23H,3-8,15-16H2,1-2H3. The number of hydrogen-bond donors (Lipinski definition) is 0. The smallest absolute Gasteiger partial charge is 0.204 e. The molecule has 0 bridgehead atoms. The molecule has 32 heavy (non-hydrogen) atoms. The van der Waals surface area contributed by atoms with Crippen molar-refractivity contribution in [1.29, 1.82) is 0 Å². The first-order valence-electron chi connectivity index (χ1n) is 11.2. The Balaban J connectivity index is 1.39. The summed E-state index contributed by atoms with van der Waals surface area (Å²) < 4.78 is 27.8. The normalized spacial score (nSPS) is 16.2. The summed E-state index contributed by atoms with van der Waals surface area (Å²) in [5, 5.41) is 0.464. The van der Waals surface area contributed by atoms with Gasteiger partial charge in [0.2, 0.25) is 11.2 Å². The van der Waals surface area contributed by atoms with E-state index < -0.39 is 0 Å². The van der Waals surface area contributed by atoms with Crippen LogP contribution in [-0.4, -0.2) is 33.7 Å². The summed E-state index contributed by atoms with van der Waals surface area (Å²) in [6.45, 7) is 1.55. The van der Waals surface area contributed by atoms with Crippen LogP contribution in [0.1, 0.15) is 37.7 Å². The van der Waals surface area contributed by atoms with Crippen LogP contribution in [0.15, 0.2) is 51.9 Å². The zero-order valence-corrected chi connectivity index (χ0v) is 18.7. The number of unbranched alkanes of at least 4 members (excludes halogenated alkanes) is 1. The quantitative estimate of drug-likeness (QED) is 0.420. The van der Waals surface area contributed by atoms with Crippen molar-refractivity contribution in [3.63, 3.8) is 0 Å². The highest BCUT2D eigenvalue weighted by molar-refractivity contribution is 5.88. The molecule has 6 heteroatoms. The first-order valence-corrected chi connectivity index (χ1v) is 11.2. The number of methoxy groups -OCH3 is 2. The molecular formula is C26H30O6. The van der Waals surface area contributed by atoms with Gasteiger partial charge in [-0.3, -0.25) is 4.79 Å². The van der Waals surface area contributed by atoms with Gasteiger partial charge >= 0.3 is 0 Å². The Morgan fingerprint density at radius 2 is 1.84 bits per heavy atom. The summed E-state index contributed by atoms with van der Waals surface area (Å²) in [5.41, 5.74) is 2.88. The van der Waals surface area contributed by atoms with Crippen molar-refractivity contribution in [3.05, 3.63) is 58.4 Å². The van der Waals surface area contributed by atoms with Crippen LogP contribution >= 0.6 is 0 Å². The maximum atomic E-state index is 13.1. The van der Waals surface area contributed by atoms with Gasteiger partial charge in [-0.25, -0.2) is 0 Å². The van der Waals surface area contributed by atoms with Crippen LogP contribution in [0.5, 0.6) is 11.5 Å². The first-order chi connectivity index (χ1) is 15.7. The van der Waals surface area contributed by atoms with Gasteiger partial charge in [0.05, 0.1) is 25.2 Å². The summed E-state index contributed by atoms with van der Waals surface area (Å²) in [4.78, 5) is 13.1. The van der Waals surface area contributed by atoms with Crippen LogP contribution in [0.3, 0.4) is 0 Å². The van der Waals surface area contributed by atoms with Gasteiger partial charge < -0.3 is 23.4 Å². The van der Waals surface area contributed by atoms with Crippen molar-refractivity contribution in [1.82, 2.24) is 0 Å². The molecule has 1 aromatic heterocycles. The molecule has 4 rings (SSSR count). The van der Waals surface area contributed by atoms with E-state index in [4.69, 9.17) is 23.4 Å². The Kier molecular flexibility index (Phi) is 7.45. The molecule has 0 amide bonds. The molecule has 0 N–H and O–H groups in total. The molecule has 2 aromatic carbocycles. The second kappa shape index (κ2) is 10.7. The van der Waals surface area contributed by atoms with Gasteiger partial charge in [-0.2, -0.15) is 0 Å². The van der Waals surface area contributed by atoms with Crippen molar-refractivity contribution < 1.29 is 23.4 Å². The number of fused-ring (bicyclic) bond motifs is 1. The van der Waals surface area contributed by atoms with Crippen molar-refractivity contribution in [3.8, 4) is 22.6 Å². The molecule has 1 aliphatic rings. The topological polar surface area (TPSA) is 67.1 Å². The average Bonchev–Trinajstić information content (AvgIpc) is 2.84. The average molecular weight is 439 g/mol. The molecule has 3 aromatic rings. The van der Waals surface area contributed by atoms with Gasteiger partial charge in [-0.15, -0.1) is 0 Å². The molecule has 0 aliphatic carbocycles. The number of benzene rings is 2. The minimum atomic E-state index is -0.0953. The van der Waals surface area contributed by atoms with E-state index in [-0.39, 0.29) is 11.7 Å². The van der Waals surface area contributed by atoms with Crippen LogP contribution < -0.4 is 14.9 Å². The highest BCUT2D eigenvalue weighted by Crippen LogP contribution is 2.35. The monoisotopic (exact) mass is 438 g/mol. The molecular weight excluding hydrogens is 408 g/mol. The molecule has 170 valence electrons. The fourth-order valence-corrected chi connectivity index (χ4v) is 4.05. The summed E-state index contributed by atoms with van der Waals surface area (Å²) in [6.07, 6.45) is 7.83. The van der Waals surface area contributed by atoms with E-state index in [1.165, 1.54) is 25.4 Å². The van der Waals surface area contributed by atoms with E-state index >= 15 is 0 Å². The van der Waals surface area contributed by atoms with Gasteiger partial charge in [0, 0.05) is 13.2 Å². The third-order valence-corrected chi connectivity index (χ3v) is 5.85. The largest absolute Gasteiger partial charge is 0.493 e. The van der Waals surface area contributed by atoms with Crippen molar-refractivity contribution in [2.24, 2.45) is 0 Å². The zero-order valence-electron chi connectivity index (χ0n) is 18.7. The van der Waals surface area contributed by atoms with Crippen molar-refractivity contribution in [2.45, 2.75) is 44.8 Å². The third-order valence-electron chi connectivity index (χ3n) is 5.85. The SMILES string of the molecule is COc1ccc2c(=O)c(-c3ccc(CCCCOC4CCCCO4)cc3)coc2c1OC. The highest BCUT2D eigenvalue weighted by Gasteiger charge is 2.16. The van der Waals surface area contributed by atoms with Gasteiger partial charge in [-0.1, -0.05) is 24.3 Å². The van der Waals surface area contributed by atoms with Crippen LogP contribution in [0.4, 0.5) is 0 Å². The molecule has 0 radical (unpaired) electrons. The summed E-state index contributed by atoms with van der Waals surface area (Å²) in [5.74, 6) is 0.944. The highest BCUT2D eigenvalue weighted by atomic mass is 16.7. The maximum absolute atomic E-state index is 13.1. The second-order valence-electron chi connectivity index (χ2n) is 7.98. The third kappa shape index (κ3) is 4.97. The molecule has 1 fully saturated rings. The zero-order chi connectivity index (χ0) is 22.3. The molecule has 1 saturated heterocycles. The Bertz CT molecular complexity index is 1080. The predicted molar refractivity (Wildman–Crippen MR) is 124 cm³/mol. The lowest BCUT2D eigenvalue weighted by Gasteiger charge is -2.22. The Hall–Kier alpha value is -2.83. The van der Waals surface area contributed by atoms with Crippen molar-refractivity contribution >= 4 is 11.0 Å². The van der Waals surface area contributed by atoms with E-state index in [2.05, 4.69) is 12.1 Å². The summed E-state index contributed by atoms with van der Waals surface area (Å²) >= 11 is 0. The van der Waals surface area contributed by atoms with Crippen LogP contribution in [-0.2, 0) is 15.9 Å². The Morgan fingerprint density at radius 3 is 2.56 bits per heavy atom. The number of aryl methyl sites for hydroxylation is 1. The van der Waals surface area contributed by atoms with E-state index in [1.807, 2.05) is 12.1 Å². The first kappa shape index (κ1) is 22.4. The lowest BCUT2D eigenvalue weighted by molar-refractivity contribution is -0.162. The van der Waals surface area contributed by atoms with E-state index in [0.29, 0.717) is 28.0 Å². The Labute approximate surface area is 188 Å². The molecule has 2 heterocycles. The van der Waals surface area contributed by atoms with Crippen LogP contribution in [0.2, 0.25) is 0 Å². The second-order valence-corrected chi connectivity index (χ2v) is 7.98. The van der Waals surface area contributed by atoms with Gasteiger partial charge in [0.25, 0.3) is 0 Å². The van der Waals surface area contributed by atoms with Gasteiger partial charge in [-0.05, 0) is 61.8 Å². The van der Waals surface area contributed by atoms with Crippen LogP contribution in [0, 0.1) is 0 Å². The van der Waals surface area contributed by atoms with Gasteiger partial charge in [0.15, 0.2) is 17.6 Å². The number of hydrogen-bond acceptors (Lipinski definition) is 6. The predicted octanol–water partition coefficient (Wildman–Crippen LogP) is 5.34. The molecule has 6 nitrogen and oxygen atoms in total. The number of ether oxygens (including phenoxy) is 4. The van der Waals surface area contributed by atoms with Crippen molar-refractivity contribution in [2.75, 3.05) is 27.4 Å². The molecule has 1 unspecified atom stereocenters. The lowest BCUT2D eigenvalue weighted by atomic mass is 10.0. The Morgan fingerprint density at radius 1 is 1.00 bits per heavy atom. The summed E-state index contributed by atoms with van der Waals surface area (Å²) in [6, 6.07) is 11.5. The molecule has 0 saturated carbocycles. The van der Waals surface area contributed by atoms with Gasteiger partial charge in [0.1, 0.15) is 6.26 Å². The fourth-order valence-electron chi connectivity index (χ4n) is 4.05. The fraction of sp³-hybridized carbons (Fsp3) is 0.423. The van der Waals surface area contributed by atoms with E-state index in [9.17, 15) is 4.79 Å². The summed E-state index contributed by atoms with van der Waals surface area (Å²) in [7, 11) is 3.08. The molecule has 1 atom stereocenters. The molecule has 1 aliphatic heterocycles. The maximum Gasteiger partial charge on any atom is 0.204 e. The lowest BCUT2D eigenvalue weighted by Crippen LogP contribution is -2.22. The number of rotatable bonds is 9. The van der Waals surface area contributed by atoms with Crippen LogP contribution in [0.25, 0.3) is 22.1 Å².